The van der Waals surface area contributed by atoms with Crippen molar-refractivity contribution < 1.29 is 4.74 Å². The van der Waals surface area contributed by atoms with Crippen LogP contribution in [-0.4, -0.2) is 6.61 Å². The maximum absolute atomic E-state index is 8.48. The number of hydrogen-bond acceptors (Lipinski definition) is 3. The quantitative estimate of drug-likeness (QED) is 0.797. The summed E-state index contributed by atoms with van der Waals surface area (Å²) in [6.45, 7) is 0.103. The van der Waals surface area contributed by atoms with Crippen molar-refractivity contribution in [3.63, 3.8) is 0 Å². The van der Waals surface area contributed by atoms with Gasteiger partial charge in [0.05, 0.1) is 0 Å². The third-order valence-electron chi connectivity index (χ3n) is 2.80. The summed E-state index contributed by atoms with van der Waals surface area (Å²) in [6, 6.07) is 8.01. The van der Waals surface area contributed by atoms with Gasteiger partial charge in [-0.1, -0.05) is 12.1 Å². The summed E-state index contributed by atoms with van der Waals surface area (Å²) >= 11 is 0. The summed E-state index contributed by atoms with van der Waals surface area (Å²) in [5.41, 5.74) is 8.39. The number of hydrogen-bond donors (Lipinski definition) is 1. The van der Waals surface area contributed by atoms with Crippen molar-refractivity contribution in [2.45, 2.75) is 25.3 Å². The number of benzene rings is 1. The lowest BCUT2D eigenvalue weighted by molar-refractivity contribution is 0.360. The van der Waals surface area contributed by atoms with Gasteiger partial charge in [-0.05, 0) is 36.5 Å². The summed E-state index contributed by atoms with van der Waals surface area (Å²) in [6.07, 6.45) is 3.14. The van der Waals surface area contributed by atoms with Crippen LogP contribution in [0.5, 0.6) is 5.75 Å². The van der Waals surface area contributed by atoms with E-state index in [-0.39, 0.29) is 12.6 Å². The lowest BCUT2D eigenvalue weighted by Gasteiger charge is -2.23. The van der Waals surface area contributed by atoms with Crippen LogP contribution >= 0.6 is 0 Å². The van der Waals surface area contributed by atoms with Gasteiger partial charge in [0.15, 0.2) is 6.61 Å². The molecule has 0 saturated heterocycles. The standard InChI is InChI=1S/C12H14N2O/c13-7-8-15-12-6-2-3-9-10(12)4-1-5-11(9)14/h2-3,6,11H,1,4-5,8,14H2. The molecule has 0 spiro atoms. The molecule has 1 aromatic carbocycles. The SMILES string of the molecule is N#CCOc1cccc2c1CCCC2N. The Morgan fingerprint density at radius 2 is 2.40 bits per heavy atom. The van der Waals surface area contributed by atoms with Gasteiger partial charge in [-0.3, -0.25) is 0 Å². The molecular weight excluding hydrogens is 188 g/mol. The fourth-order valence-electron chi connectivity index (χ4n) is 2.10. The van der Waals surface area contributed by atoms with Crippen molar-refractivity contribution in [2.24, 2.45) is 5.73 Å². The molecule has 0 radical (unpaired) electrons. The highest BCUT2D eigenvalue weighted by Gasteiger charge is 2.19. The normalized spacial score (nSPS) is 19.1. The minimum absolute atomic E-state index is 0.103. The summed E-state index contributed by atoms with van der Waals surface area (Å²) in [5, 5.41) is 8.48. The van der Waals surface area contributed by atoms with E-state index in [1.807, 2.05) is 18.2 Å². The Kier molecular flexibility index (Phi) is 2.89. The fourth-order valence-corrected chi connectivity index (χ4v) is 2.10. The van der Waals surface area contributed by atoms with E-state index < -0.39 is 0 Å². The average Bonchev–Trinajstić information content (AvgIpc) is 2.27. The third-order valence-corrected chi connectivity index (χ3v) is 2.80. The van der Waals surface area contributed by atoms with E-state index in [4.69, 9.17) is 15.7 Å². The molecule has 0 fully saturated rings. The van der Waals surface area contributed by atoms with Crippen molar-refractivity contribution in [3.05, 3.63) is 29.3 Å². The van der Waals surface area contributed by atoms with Crippen LogP contribution in [0.1, 0.15) is 30.0 Å². The van der Waals surface area contributed by atoms with Crippen LogP contribution < -0.4 is 10.5 Å². The van der Waals surface area contributed by atoms with Crippen LogP contribution in [0.3, 0.4) is 0 Å². The van der Waals surface area contributed by atoms with E-state index >= 15 is 0 Å². The number of ether oxygens (including phenoxy) is 1. The molecule has 15 heavy (non-hydrogen) atoms. The molecule has 0 bridgehead atoms. The second-order valence-electron chi connectivity index (χ2n) is 3.77. The Labute approximate surface area is 89.5 Å². The van der Waals surface area contributed by atoms with Crippen molar-refractivity contribution in [2.75, 3.05) is 6.61 Å². The molecule has 0 aliphatic heterocycles. The van der Waals surface area contributed by atoms with Gasteiger partial charge < -0.3 is 10.5 Å². The molecule has 2 N–H and O–H groups in total. The molecule has 2 rings (SSSR count). The summed E-state index contributed by atoms with van der Waals surface area (Å²) in [4.78, 5) is 0. The first-order valence-corrected chi connectivity index (χ1v) is 5.20. The zero-order valence-electron chi connectivity index (χ0n) is 8.57. The Morgan fingerprint density at radius 3 is 3.20 bits per heavy atom. The molecule has 1 aliphatic rings. The molecule has 78 valence electrons. The largest absolute Gasteiger partial charge is 0.478 e. The third kappa shape index (κ3) is 1.95. The number of nitriles is 1. The molecule has 0 heterocycles. The summed E-state index contributed by atoms with van der Waals surface area (Å²) < 4.78 is 5.39. The second-order valence-corrected chi connectivity index (χ2v) is 3.77. The molecule has 0 aromatic heterocycles. The number of nitrogens with zero attached hydrogens (tertiary/aromatic N) is 1. The van der Waals surface area contributed by atoms with Gasteiger partial charge in [-0.2, -0.15) is 5.26 Å². The van der Waals surface area contributed by atoms with E-state index in [0.29, 0.717) is 0 Å². The van der Waals surface area contributed by atoms with Gasteiger partial charge in [-0.25, -0.2) is 0 Å². The molecule has 0 amide bonds. The Balaban J connectivity index is 2.32. The molecule has 1 atom stereocenters. The van der Waals surface area contributed by atoms with E-state index in [1.165, 1.54) is 11.1 Å². The van der Waals surface area contributed by atoms with Crippen LogP contribution in [-0.2, 0) is 6.42 Å². The monoisotopic (exact) mass is 202 g/mol. The molecule has 1 aliphatic carbocycles. The van der Waals surface area contributed by atoms with Crippen molar-refractivity contribution >= 4 is 0 Å². The average molecular weight is 202 g/mol. The molecule has 3 heteroatoms. The van der Waals surface area contributed by atoms with E-state index in [9.17, 15) is 0 Å². The van der Waals surface area contributed by atoms with Gasteiger partial charge in [0.1, 0.15) is 11.8 Å². The molecule has 1 aromatic rings. The highest BCUT2D eigenvalue weighted by Crippen LogP contribution is 2.33. The van der Waals surface area contributed by atoms with Gasteiger partial charge >= 0.3 is 0 Å². The second kappa shape index (κ2) is 4.33. The van der Waals surface area contributed by atoms with Gasteiger partial charge in [0.25, 0.3) is 0 Å². The Bertz CT molecular complexity index is 395. The zero-order chi connectivity index (χ0) is 10.7. The predicted octanol–water partition coefficient (Wildman–Crippen LogP) is 1.93. The molecule has 3 nitrogen and oxygen atoms in total. The Morgan fingerprint density at radius 1 is 1.53 bits per heavy atom. The first-order chi connectivity index (χ1) is 7.33. The first kappa shape index (κ1) is 10.0. The van der Waals surface area contributed by atoms with Crippen LogP contribution in [0.25, 0.3) is 0 Å². The summed E-state index contributed by atoms with van der Waals surface area (Å²) in [7, 11) is 0. The number of rotatable bonds is 2. The maximum Gasteiger partial charge on any atom is 0.174 e. The smallest absolute Gasteiger partial charge is 0.174 e. The van der Waals surface area contributed by atoms with Gasteiger partial charge in [0.2, 0.25) is 0 Å². The van der Waals surface area contributed by atoms with E-state index in [0.717, 1.165) is 25.0 Å². The van der Waals surface area contributed by atoms with Crippen LogP contribution in [0.2, 0.25) is 0 Å². The minimum Gasteiger partial charge on any atom is -0.478 e. The fraction of sp³-hybridized carbons (Fsp3) is 0.417. The van der Waals surface area contributed by atoms with Gasteiger partial charge in [0, 0.05) is 6.04 Å². The van der Waals surface area contributed by atoms with Crippen molar-refractivity contribution in [1.82, 2.24) is 0 Å². The van der Waals surface area contributed by atoms with Gasteiger partial charge in [-0.15, -0.1) is 0 Å². The number of nitrogens with two attached hydrogens (primary N) is 1. The highest BCUT2D eigenvalue weighted by atomic mass is 16.5. The van der Waals surface area contributed by atoms with Crippen LogP contribution in [0, 0.1) is 11.3 Å². The predicted molar refractivity (Wildman–Crippen MR) is 57.4 cm³/mol. The highest BCUT2D eigenvalue weighted by molar-refractivity contribution is 5.43. The van der Waals surface area contributed by atoms with E-state index in [2.05, 4.69) is 6.07 Å². The summed E-state index contributed by atoms with van der Waals surface area (Å²) in [5.74, 6) is 0.823. The number of fused-ring (bicyclic) bond motifs is 1. The molecule has 0 saturated carbocycles. The Hall–Kier alpha value is -1.53. The van der Waals surface area contributed by atoms with Crippen molar-refractivity contribution in [3.8, 4) is 11.8 Å². The topological polar surface area (TPSA) is 59.0 Å². The lowest BCUT2D eigenvalue weighted by atomic mass is 9.88. The lowest BCUT2D eigenvalue weighted by Crippen LogP contribution is -2.18. The van der Waals surface area contributed by atoms with Crippen molar-refractivity contribution in [1.29, 1.82) is 5.26 Å². The molecule has 1 unspecified atom stereocenters. The zero-order valence-corrected chi connectivity index (χ0v) is 8.57. The maximum atomic E-state index is 8.48. The first-order valence-electron chi connectivity index (χ1n) is 5.20. The van der Waals surface area contributed by atoms with Crippen LogP contribution in [0.4, 0.5) is 0 Å². The minimum atomic E-state index is 0.103. The van der Waals surface area contributed by atoms with E-state index in [1.54, 1.807) is 0 Å². The van der Waals surface area contributed by atoms with Crippen LogP contribution in [0.15, 0.2) is 18.2 Å². The molecular formula is C12H14N2O.